The summed E-state index contributed by atoms with van der Waals surface area (Å²) in [7, 11) is 3.37. The van der Waals surface area contributed by atoms with Crippen molar-refractivity contribution in [2.45, 2.75) is 51.5 Å². The highest BCUT2D eigenvalue weighted by Crippen LogP contribution is 2.32. The second-order valence-electron chi connectivity index (χ2n) is 8.43. The molecule has 174 valence electrons. The van der Waals surface area contributed by atoms with Crippen LogP contribution in [0.4, 0.5) is 5.69 Å². The van der Waals surface area contributed by atoms with Crippen molar-refractivity contribution < 1.29 is 19.1 Å². The van der Waals surface area contributed by atoms with Gasteiger partial charge in [0.15, 0.2) is 5.11 Å². The first-order chi connectivity index (χ1) is 15.4. The number of anilines is 1. The molecule has 1 unspecified atom stereocenters. The predicted molar refractivity (Wildman–Crippen MR) is 128 cm³/mol. The lowest BCUT2D eigenvalue weighted by Gasteiger charge is -2.35. The first kappa shape index (κ1) is 24.2. The fourth-order valence-corrected chi connectivity index (χ4v) is 4.52. The molecule has 1 heterocycles. The average molecular weight is 460 g/mol. The number of nitrogens with one attached hydrogen (secondary N) is 2. The maximum Gasteiger partial charge on any atom is 0.338 e. The summed E-state index contributed by atoms with van der Waals surface area (Å²) in [6, 6.07) is 7.08. The molecule has 0 saturated heterocycles. The number of methoxy groups -OCH3 is 1. The summed E-state index contributed by atoms with van der Waals surface area (Å²) in [6.07, 6.45) is 6.58. The number of carbonyl (C=O) groups is 2. The standard InChI is InChI=1S/C24H33N3O4S/c1-16-21(23(29)31-15-14-30-3)22(26-24(32)27(16)2)18-9-11-19(12-10-18)25-20(28)13-8-17-6-4-5-7-17/h9-12,17,22H,4-8,13-15H2,1-3H3,(H,25,28)(H,26,32). The Bertz CT molecular complexity index is 863. The maximum absolute atomic E-state index is 12.8. The predicted octanol–water partition coefficient (Wildman–Crippen LogP) is 3.92. The van der Waals surface area contributed by atoms with E-state index in [1.807, 2.05) is 38.2 Å². The molecule has 0 radical (unpaired) electrons. The molecule has 0 aromatic heterocycles. The number of esters is 1. The molecule has 2 N–H and O–H groups in total. The fourth-order valence-electron chi connectivity index (χ4n) is 4.26. The van der Waals surface area contributed by atoms with Crippen LogP contribution in [0.3, 0.4) is 0 Å². The summed E-state index contributed by atoms with van der Waals surface area (Å²) >= 11 is 5.44. The van der Waals surface area contributed by atoms with Gasteiger partial charge in [0.25, 0.3) is 0 Å². The SMILES string of the molecule is COCCOC(=O)C1=C(C)N(C)C(=S)NC1c1ccc(NC(=O)CCC2CCCC2)cc1. The number of hydrogen-bond acceptors (Lipinski definition) is 5. The van der Waals surface area contributed by atoms with Gasteiger partial charge in [0.05, 0.1) is 18.2 Å². The number of thiocarbonyl (C=S) groups is 1. The summed E-state index contributed by atoms with van der Waals surface area (Å²) in [5.74, 6) is 0.330. The number of hydrogen-bond donors (Lipinski definition) is 2. The van der Waals surface area contributed by atoms with Crippen LogP contribution in [-0.2, 0) is 19.1 Å². The summed E-state index contributed by atoms with van der Waals surface area (Å²) < 4.78 is 10.4. The molecule has 7 nitrogen and oxygen atoms in total. The van der Waals surface area contributed by atoms with Crippen molar-refractivity contribution in [1.82, 2.24) is 10.2 Å². The van der Waals surface area contributed by atoms with E-state index in [-0.39, 0.29) is 12.5 Å². The van der Waals surface area contributed by atoms with Gasteiger partial charge < -0.3 is 25.0 Å². The van der Waals surface area contributed by atoms with Crippen molar-refractivity contribution in [2.24, 2.45) is 5.92 Å². The lowest BCUT2D eigenvalue weighted by Crippen LogP contribution is -2.46. The molecule has 1 aromatic carbocycles. The highest BCUT2D eigenvalue weighted by Gasteiger charge is 2.33. The van der Waals surface area contributed by atoms with Crippen LogP contribution in [0.2, 0.25) is 0 Å². The zero-order valence-corrected chi connectivity index (χ0v) is 19.9. The Hall–Kier alpha value is -2.45. The number of allylic oxidation sites excluding steroid dienone is 1. The van der Waals surface area contributed by atoms with E-state index in [2.05, 4.69) is 10.6 Å². The van der Waals surface area contributed by atoms with Gasteiger partial charge in [-0.1, -0.05) is 37.8 Å². The van der Waals surface area contributed by atoms with Crippen LogP contribution in [0.15, 0.2) is 35.5 Å². The molecule has 1 aliphatic heterocycles. The normalized spacial score (nSPS) is 19.2. The van der Waals surface area contributed by atoms with E-state index in [0.717, 1.165) is 23.4 Å². The number of benzene rings is 1. The Morgan fingerprint density at radius 2 is 1.88 bits per heavy atom. The number of rotatable bonds is 9. The summed E-state index contributed by atoms with van der Waals surface area (Å²) in [5.41, 5.74) is 2.85. The number of ether oxygens (including phenoxy) is 2. The van der Waals surface area contributed by atoms with Gasteiger partial charge in [-0.3, -0.25) is 4.79 Å². The van der Waals surface area contributed by atoms with Gasteiger partial charge in [-0.05, 0) is 49.2 Å². The number of amides is 1. The van der Waals surface area contributed by atoms with E-state index in [9.17, 15) is 9.59 Å². The molecule has 1 aromatic rings. The molecule has 1 aliphatic carbocycles. The minimum absolute atomic E-state index is 0.0430. The van der Waals surface area contributed by atoms with Crippen molar-refractivity contribution in [3.05, 3.63) is 41.1 Å². The second kappa shape index (κ2) is 11.4. The molecule has 8 heteroatoms. The lowest BCUT2D eigenvalue weighted by molar-refractivity contribution is -0.140. The van der Waals surface area contributed by atoms with Crippen LogP contribution in [-0.4, -0.2) is 49.3 Å². The Kier molecular flexibility index (Phi) is 8.64. The molecule has 0 spiro atoms. The van der Waals surface area contributed by atoms with E-state index in [1.54, 1.807) is 12.0 Å². The Morgan fingerprint density at radius 1 is 1.19 bits per heavy atom. The van der Waals surface area contributed by atoms with Gasteiger partial charge in [0.2, 0.25) is 5.91 Å². The van der Waals surface area contributed by atoms with Crippen LogP contribution in [0.1, 0.15) is 57.1 Å². The minimum atomic E-state index is -0.430. The summed E-state index contributed by atoms with van der Waals surface area (Å²) in [4.78, 5) is 26.9. The number of nitrogens with zero attached hydrogens (tertiary/aromatic N) is 1. The third-order valence-electron chi connectivity index (χ3n) is 6.28. The van der Waals surface area contributed by atoms with Crippen molar-refractivity contribution in [2.75, 3.05) is 32.7 Å². The molecular formula is C24H33N3O4S. The number of carbonyl (C=O) groups excluding carboxylic acids is 2. The van der Waals surface area contributed by atoms with E-state index in [0.29, 0.717) is 29.6 Å². The third kappa shape index (κ3) is 6.07. The van der Waals surface area contributed by atoms with E-state index in [4.69, 9.17) is 21.7 Å². The monoisotopic (exact) mass is 459 g/mol. The molecular weight excluding hydrogens is 426 g/mol. The summed E-state index contributed by atoms with van der Waals surface area (Å²) in [5, 5.41) is 6.74. The molecule has 1 saturated carbocycles. The second-order valence-corrected chi connectivity index (χ2v) is 8.82. The molecule has 2 aliphatic rings. The Labute approximate surface area is 195 Å². The van der Waals surface area contributed by atoms with Gasteiger partial charge in [-0.25, -0.2) is 4.79 Å². The highest BCUT2D eigenvalue weighted by molar-refractivity contribution is 7.80. The zero-order chi connectivity index (χ0) is 23.1. The van der Waals surface area contributed by atoms with E-state index < -0.39 is 12.0 Å². The molecule has 1 atom stereocenters. The molecule has 1 amide bonds. The quantitative estimate of drug-likeness (QED) is 0.329. The summed E-state index contributed by atoms with van der Waals surface area (Å²) in [6.45, 7) is 2.37. The van der Waals surface area contributed by atoms with E-state index >= 15 is 0 Å². The van der Waals surface area contributed by atoms with Crippen LogP contribution in [0.25, 0.3) is 0 Å². The first-order valence-corrected chi connectivity index (χ1v) is 11.6. The minimum Gasteiger partial charge on any atom is -0.460 e. The largest absolute Gasteiger partial charge is 0.460 e. The van der Waals surface area contributed by atoms with Gasteiger partial charge in [0, 0.05) is 32.0 Å². The van der Waals surface area contributed by atoms with Crippen LogP contribution >= 0.6 is 12.2 Å². The topological polar surface area (TPSA) is 79.9 Å². The van der Waals surface area contributed by atoms with Crippen LogP contribution in [0, 0.1) is 5.92 Å². The average Bonchev–Trinajstić information content (AvgIpc) is 3.30. The van der Waals surface area contributed by atoms with Crippen LogP contribution in [0.5, 0.6) is 0 Å². The van der Waals surface area contributed by atoms with Gasteiger partial charge in [-0.2, -0.15) is 0 Å². The molecule has 1 fully saturated rings. The van der Waals surface area contributed by atoms with Crippen molar-refractivity contribution in [1.29, 1.82) is 0 Å². The van der Waals surface area contributed by atoms with Crippen LogP contribution < -0.4 is 10.6 Å². The molecule has 32 heavy (non-hydrogen) atoms. The van der Waals surface area contributed by atoms with Crippen molar-refractivity contribution in [3.8, 4) is 0 Å². The van der Waals surface area contributed by atoms with Gasteiger partial charge >= 0.3 is 5.97 Å². The van der Waals surface area contributed by atoms with Crippen molar-refractivity contribution in [3.63, 3.8) is 0 Å². The first-order valence-electron chi connectivity index (χ1n) is 11.2. The fraction of sp³-hybridized carbons (Fsp3) is 0.542. The van der Waals surface area contributed by atoms with Gasteiger partial charge in [-0.15, -0.1) is 0 Å². The third-order valence-corrected chi connectivity index (χ3v) is 6.67. The van der Waals surface area contributed by atoms with Gasteiger partial charge in [0.1, 0.15) is 6.61 Å². The smallest absolute Gasteiger partial charge is 0.338 e. The Morgan fingerprint density at radius 3 is 2.53 bits per heavy atom. The van der Waals surface area contributed by atoms with E-state index in [1.165, 1.54) is 25.7 Å². The lowest BCUT2D eigenvalue weighted by atomic mass is 9.95. The highest BCUT2D eigenvalue weighted by atomic mass is 32.1. The Balaban J connectivity index is 1.68. The van der Waals surface area contributed by atoms with Crippen molar-refractivity contribution >= 4 is 34.9 Å². The maximum atomic E-state index is 12.8. The molecule has 3 rings (SSSR count). The molecule has 0 bridgehead atoms. The zero-order valence-electron chi connectivity index (χ0n) is 19.1.